The van der Waals surface area contributed by atoms with E-state index in [0.717, 1.165) is 25.6 Å². The zero-order valence-corrected chi connectivity index (χ0v) is 12.5. The average molecular weight is 261 g/mol. The number of ether oxygens (including phenoxy) is 1. The van der Waals surface area contributed by atoms with E-state index in [2.05, 4.69) is 50.4 Å². The number of nitrogens with one attached hydrogen (secondary N) is 1. The van der Waals surface area contributed by atoms with Crippen LogP contribution in [0.3, 0.4) is 0 Å². The fourth-order valence-electron chi connectivity index (χ4n) is 2.92. The zero-order valence-electron chi connectivity index (χ0n) is 12.5. The fraction of sp³-hybridized carbons (Fsp3) is 0.647. The summed E-state index contributed by atoms with van der Waals surface area (Å²) in [6, 6.07) is 9.96. The fourth-order valence-corrected chi connectivity index (χ4v) is 2.92. The quantitative estimate of drug-likeness (QED) is 0.869. The van der Waals surface area contributed by atoms with E-state index in [-0.39, 0.29) is 0 Å². The second kappa shape index (κ2) is 7.06. The normalized spacial score (nSPS) is 20.2. The van der Waals surface area contributed by atoms with Gasteiger partial charge in [-0.1, -0.05) is 36.8 Å². The van der Waals surface area contributed by atoms with Gasteiger partial charge in [0.1, 0.15) is 0 Å². The topological polar surface area (TPSA) is 21.3 Å². The molecule has 1 heterocycles. The van der Waals surface area contributed by atoms with E-state index in [1.165, 1.54) is 24.0 Å². The average Bonchev–Trinajstić information content (AvgIpc) is 2.46. The zero-order chi connectivity index (χ0) is 13.7. The summed E-state index contributed by atoms with van der Waals surface area (Å²) in [7, 11) is 0. The van der Waals surface area contributed by atoms with Gasteiger partial charge in [0.25, 0.3) is 0 Å². The monoisotopic (exact) mass is 261 g/mol. The van der Waals surface area contributed by atoms with Crippen LogP contribution in [0.1, 0.15) is 50.3 Å². The number of aryl methyl sites for hydroxylation is 1. The first-order chi connectivity index (χ1) is 9.20. The lowest BCUT2D eigenvalue weighted by Gasteiger charge is -2.31. The molecule has 0 aromatic heterocycles. The molecule has 0 aliphatic carbocycles. The largest absolute Gasteiger partial charge is 0.381 e. The standard InChI is InChI=1S/C17H27NO/c1-4-17(16-7-5-13(2)6-8-16)18-14(3)15-9-11-19-12-10-15/h5-8,14-15,17-18H,4,9-12H2,1-3H3. The van der Waals surface area contributed by atoms with Crippen LogP contribution < -0.4 is 5.32 Å². The summed E-state index contributed by atoms with van der Waals surface area (Å²) in [6.07, 6.45) is 3.52. The van der Waals surface area contributed by atoms with Crippen LogP contribution in [0.25, 0.3) is 0 Å². The van der Waals surface area contributed by atoms with E-state index in [9.17, 15) is 0 Å². The molecule has 2 rings (SSSR count). The summed E-state index contributed by atoms with van der Waals surface area (Å²) in [6.45, 7) is 8.58. The highest BCUT2D eigenvalue weighted by Crippen LogP contribution is 2.23. The molecule has 1 aromatic rings. The van der Waals surface area contributed by atoms with Crippen molar-refractivity contribution in [2.75, 3.05) is 13.2 Å². The Morgan fingerprint density at radius 2 is 1.84 bits per heavy atom. The van der Waals surface area contributed by atoms with E-state index >= 15 is 0 Å². The molecular formula is C17H27NO. The van der Waals surface area contributed by atoms with Crippen LogP contribution in [0.5, 0.6) is 0 Å². The molecule has 1 N–H and O–H groups in total. The molecular weight excluding hydrogens is 234 g/mol. The van der Waals surface area contributed by atoms with Crippen molar-refractivity contribution in [3.8, 4) is 0 Å². The third kappa shape index (κ3) is 4.05. The first kappa shape index (κ1) is 14.5. The smallest absolute Gasteiger partial charge is 0.0469 e. The highest BCUT2D eigenvalue weighted by molar-refractivity contribution is 5.24. The van der Waals surface area contributed by atoms with Gasteiger partial charge < -0.3 is 10.1 Å². The summed E-state index contributed by atoms with van der Waals surface area (Å²) < 4.78 is 5.45. The molecule has 0 spiro atoms. The molecule has 1 fully saturated rings. The molecule has 1 saturated heterocycles. The molecule has 0 bridgehead atoms. The summed E-state index contributed by atoms with van der Waals surface area (Å²) in [5, 5.41) is 3.82. The van der Waals surface area contributed by atoms with Crippen molar-refractivity contribution in [2.24, 2.45) is 5.92 Å². The van der Waals surface area contributed by atoms with Crippen molar-refractivity contribution in [2.45, 2.75) is 52.1 Å². The number of rotatable bonds is 5. The Balaban J connectivity index is 1.96. The summed E-state index contributed by atoms with van der Waals surface area (Å²) in [4.78, 5) is 0. The highest BCUT2D eigenvalue weighted by Gasteiger charge is 2.22. The molecule has 0 saturated carbocycles. The first-order valence-electron chi connectivity index (χ1n) is 7.61. The van der Waals surface area contributed by atoms with Gasteiger partial charge in [0, 0.05) is 25.3 Å². The Bertz CT molecular complexity index is 367. The van der Waals surface area contributed by atoms with E-state index in [0.29, 0.717) is 12.1 Å². The van der Waals surface area contributed by atoms with Crippen LogP contribution in [0.2, 0.25) is 0 Å². The minimum atomic E-state index is 0.471. The predicted molar refractivity (Wildman–Crippen MR) is 80.4 cm³/mol. The Kier molecular flexibility index (Phi) is 5.41. The van der Waals surface area contributed by atoms with Crippen LogP contribution in [-0.2, 0) is 4.74 Å². The summed E-state index contributed by atoms with van der Waals surface area (Å²) in [5.41, 5.74) is 2.74. The minimum Gasteiger partial charge on any atom is -0.381 e. The molecule has 2 atom stereocenters. The van der Waals surface area contributed by atoms with Gasteiger partial charge >= 0.3 is 0 Å². The SMILES string of the molecule is CCC(NC(C)C1CCOCC1)c1ccc(C)cc1. The molecule has 106 valence electrons. The number of hydrogen-bond donors (Lipinski definition) is 1. The first-order valence-corrected chi connectivity index (χ1v) is 7.61. The van der Waals surface area contributed by atoms with E-state index in [4.69, 9.17) is 4.74 Å². The van der Waals surface area contributed by atoms with Gasteiger partial charge in [-0.15, -0.1) is 0 Å². The third-order valence-corrected chi connectivity index (χ3v) is 4.33. The molecule has 0 amide bonds. The van der Waals surface area contributed by atoms with Crippen molar-refractivity contribution < 1.29 is 4.74 Å². The maximum absolute atomic E-state index is 5.45. The van der Waals surface area contributed by atoms with Crippen LogP contribution in [-0.4, -0.2) is 19.3 Å². The van der Waals surface area contributed by atoms with E-state index in [1.807, 2.05) is 0 Å². The van der Waals surface area contributed by atoms with Gasteiger partial charge in [-0.05, 0) is 44.6 Å². The predicted octanol–water partition coefficient (Wildman–Crippen LogP) is 3.85. The number of hydrogen-bond acceptors (Lipinski definition) is 2. The highest BCUT2D eigenvalue weighted by atomic mass is 16.5. The van der Waals surface area contributed by atoms with Crippen LogP contribution in [0.15, 0.2) is 24.3 Å². The van der Waals surface area contributed by atoms with Gasteiger partial charge in [-0.2, -0.15) is 0 Å². The van der Waals surface area contributed by atoms with Crippen LogP contribution >= 0.6 is 0 Å². The molecule has 2 nitrogen and oxygen atoms in total. The third-order valence-electron chi connectivity index (χ3n) is 4.33. The van der Waals surface area contributed by atoms with Gasteiger partial charge in [-0.3, -0.25) is 0 Å². The van der Waals surface area contributed by atoms with Crippen molar-refractivity contribution in [3.05, 3.63) is 35.4 Å². The second-order valence-corrected chi connectivity index (χ2v) is 5.78. The Morgan fingerprint density at radius 3 is 2.42 bits per heavy atom. The van der Waals surface area contributed by atoms with Crippen molar-refractivity contribution in [3.63, 3.8) is 0 Å². The van der Waals surface area contributed by atoms with Crippen molar-refractivity contribution in [1.82, 2.24) is 5.32 Å². The molecule has 1 aliphatic heterocycles. The molecule has 1 aliphatic rings. The summed E-state index contributed by atoms with van der Waals surface area (Å²) >= 11 is 0. The molecule has 19 heavy (non-hydrogen) atoms. The Hall–Kier alpha value is -0.860. The van der Waals surface area contributed by atoms with E-state index in [1.54, 1.807) is 0 Å². The maximum Gasteiger partial charge on any atom is 0.0469 e. The lowest BCUT2D eigenvalue weighted by Crippen LogP contribution is -2.38. The molecule has 2 heteroatoms. The van der Waals surface area contributed by atoms with Crippen molar-refractivity contribution in [1.29, 1.82) is 0 Å². The van der Waals surface area contributed by atoms with Gasteiger partial charge in [0.15, 0.2) is 0 Å². The minimum absolute atomic E-state index is 0.471. The van der Waals surface area contributed by atoms with Gasteiger partial charge in [0.05, 0.1) is 0 Å². The lowest BCUT2D eigenvalue weighted by atomic mass is 9.91. The Labute approximate surface area is 117 Å². The van der Waals surface area contributed by atoms with Gasteiger partial charge in [0.2, 0.25) is 0 Å². The van der Waals surface area contributed by atoms with Crippen molar-refractivity contribution >= 4 is 0 Å². The van der Waals surface area contributed by atoms with Crippen LogP contribution in [0, 0.1) is 12.8 Å². The molecule has 0 radical (unpaired) electrons. The number of benzene rings is 1. The van der Waals surface area contributed by atoms with Crippen LogP contribution in [0.4, 0.5) is 0 Å². The molecule has 2 unspecified atom stereocenters. The maximum atomic E-state index is 5.45. The molecule has 1 aromatic carbocycles. The van der Waals surface area contributed by atoms with Gasteiger partial charge in [-0.25, -0.2) is 0 Å². The summed E-state index contributed by atoms with van der Waals surface area (Å²) in [5.74, 6) is 0.758. The lowest BCUT2D eigenvalue weighted by molar-refractivity contribution is 0.0543. The van der Waals surface area contributed by atoms with E-state index < -0.39 is 0 Å². The second-order valence-electron chi connectivity index (χ2n) is 5.78. The Morgan fingerprint density at radius 1 is 1.21 bits per heavy atom.